The number of aromatic nitrogens is 2. The van der Waals surface area contributed by atoms with Crippen LogP contribution in [0.5, 0.6) is 0 Å². The van der Waals surface area contributed by atoms with E-state index in [1.165, 1.54) is 5.69 Å². The maximum atomic E-state index is 11.6. The SMILES string of the molecule is CN1CCC(n2cncc2CCNC(=O)OC(C)(C)C)CC1. The van der Waals surface area contributed by atoms with Gasteiger partial charge >= 0.3 is 6.09 Å². The normalized spacial score (nSPS) is 17.5. The second kappa shape index (κ2) is 7.13. The minimum atomic E-state index is -0.458. The van der Waals surface area contributed by atoms with Gasteiger partial charge in [-0.25, -0.2) is 9.78 Å². The zero-order valence-electron chi connectivity index (χ0n) is 14.1. The molecule has 1 N–H and O–H groups in total. The highest BCUT2D eigenvalue weighted by Crippen LogP contribution is 2.23. The molecule has 0 saturated carbocycles. The van der Waals surface area contributed by atoms with Gasteiger partial charge in [0.1, 0.15) is 5.60 Å². The molecule has 0 spiro atoms. The number of carbonyl (C=O) groups excluding carboxylic acids is 1. The van der Waals surface area contributed by atoms with Gasteiger partial charge in [0.05, 0.1) is 6.33 Å². The summed E-state index contributed by atoms with van der Waals surface area (Å²) >= 11 is 0. The fourth-order valence-electron chi connectivity index (χ4n) is 2.73. The third-order valence-electron chi connectivity index (χ3n) is 3.88. The molecule has 1 aromatic rings. The van der Waals surface area contributed by atoms with Gasteiger partial charge < -0.3 is 19.5 Å². The monoisotopic (exact) mass is 308 g/mol. The van der Waals surface area contributed by atoms with Crippen LogP contribution in [0.25, 0.3) is 0 Å². The number of nitrogens with zero attached hydrogens (tertiary/aromatic N) is 3. The Morgan fingerprint density at radius 1 is 1.41 bits per heavy atom. The topological polar surface area (TPSA) is 59.4 Å². The lowest BCUT2D eigenvalue weighted by Gasteiger charge is -2.30. The van der Waals surface area contributed by atoms with Gasteiger partial charge in [-0.3, -0.25) is 0 Å². The number of hydrogen-bond acceptors (Lipinski definition) is 4. The first-order valence-electron chi connectivity index (χ1n) is 8.01. The van der Waals surface area contributed by atoms with Crippen molar-refractivity contribution in [2.24, 2.45) is 0 Å². The third kappa shape index (κ3) is 5.02. The van der Waals surface area contributed by atoms with E-state index in [-0.39, 0.29) is 6.09 Å². The van der Waals surface area contributed by atoms with E-state index < -0.39 is 5.60 Å². The Morgan fingerprint density at radius 3 is 2.73 bits per heavy atom. The second-order valence-corrected chi connectivity index (χ2v) is 7.01. The molecule has 1 amide bonds. The van der Waals surface area contributed by atoms with E-state index in [1.807, 2.05) is 33.3 Å². The largest absolute Gasteiger partial charge is 0.444 e. The van der Waals surface area contributed by atoms with Gasteiger partial charge in [-0.2, -0.15) is 0 Å². The van der Waals surface area contributed by atoms with Gasteiger partial charge in [0.15, 0.2) is 0 Å². The summed E-state index contributed by atoms with van der Waals surface area (Å²) in [6, 6.07) is 0.523. The molecule has 2 rings (SSSR count). The van der Waals surface area contributed by atoms with Gasteiger partial charge in [-0.05, 0) is 53.8 Å². The van der Waals surface area contributed by atoms with Crippen LogP contribution >= 0.6 is 0 Å². The van der Waals surface area contributed by atoms with Crippen LogP contribution in [0.1, 0.15) is 45.3 Å². The van der Waals surface area contributed by atoms with Gasteiger partial charge in [-0.1, -0.05) is 0 Å². The van der Waals surface area contributed by atoms with Crippen molar-refractivity contribution in [3.05, 3.63) is 18.2 Å². The molecule has 2 heterocycles. The van der Waals surface area contributed by atoms with E-state index in [1.54, 1.807) is 0 Å². The molecule has 0 radical (unpaired) electrons. The van der Waals surface area contributed by atoms with Crippen LogP contribution in [0.3, 0.4) is 0 Å². The van der Waals surface area contributed by atoms with E-state index in [9.17, 15) is 4.79 Å². The molecule has 1 aromatic heterocycles. The average Bonchev–Trinajstić information content (AvgIpc) is 2.86. The summed E-state index contributed by atoms with van der Waals surface area (Å²) in [6.45, 7) is 8.40. The maximum Gasteiger partial charge on any atom is 0.407 e. The number of nitrogens with one attached hydrogen (secondary N) is 1. The highest BCUT2D eigenvalue weighted by Gasteiger charge is 2.20. The summed E-state index contributed by atoms with van der Waals surface area (Å²) in [6.07, 6.45) is 6.52. The average molecular weight is 308 g/mol. The zero-order chi connectivity index (χ0) is 16.2. The second-order valence-electron chi connectivity index (χ2n) is 7.01. The molecule has 0 unspecified atom stereocenters. The first-order chi connectivity index (χ1) is 10.3. The summed E-state index contributed by atoms with van der Waals surface area (Å²) in [5, 5.41) is 2.80. The number of likely N-dealkylation sites (tertiary alicyclic amines) is 1. The van der Waals surface area contributed by atoms with Crippen molar-refractivity contribution in [2.45, 2.75) is 51.7 Å². The number of piperidine rings is 1. The Labute approximate surface area is 132 Å². The molecule has 6 heteroatoms. The molecule has 0 atom stereocenters. The van der Waals surface area contributed by atoms with E-state index in [4.69, 9.17) is 4.74 Å². The molecule has 1 aliphatic rings. The van der Waals surface area contributed by atoms with Crippen molar-refractivity contribution < 1.29 is 9.53 Å². The predicted molar refractivity (Wildman–Crippen MR) is 85.9 cm³/mol. The van der Waals surface area contributed by atoms with Crippen molar-refractivity contribution in [3.63, 3.8) is 0 Å². The molecule has 124 valence electrons. The van der Waals surface area contributed by atoms with E-state index in [2.05, 4.69) is 26.8 Å². The predicted octanol–water partition coefficient (Wildman–Crippen LogP) is 2.22. The van der Waals surface area contributed by atoms with Gasteiger partial charge in [-0.15, -0.1) is 0 Å². The first kappa shape index (κ1) is 16.8. The van der Waals surface area contributed by atoms with Crippen molar-refractivity contribution in [1.82, 2.24) is 19.8 Å². The molecule has 1 aliphatic heterocycles. The van der Waals surface area contributed by atoms with Crippen LogP contribution in [0.15, 0.2) is 12.5 Å². The molecular weight excluding hydrogens is 280 g/mol. The first-order valence-corrected chi connectivity index (χ1v) is 8.01. The summed E-state index contributed by atoms with van der Waals surface area (Å²) in [4.78, 5) is 18.3. The highest BCUT2D eigenvalue weighted by atomic mass is 16.6. The van der Waals surface area contributed by atoms with Crippen molar-refractivity contribution in [2.75, 3.05) is 26.7 Å². The molecule has 0 aromatic carbocycles. The Balaban J connectivity index is 1.82. The molecule has 22 heavy (non-hydrogen) atoms. The van der Waals surface area contributed by atoms with E-state index >= 15 is 0 Å². The maximum absolute atomic E-state index is 11.6. The van der Waals surface area contributed by atoms with Crippen LogP contribution < -0.4 is 5.32 Å². The molecular formula is C16H28N4O2. The minimum absolute atomic E-state index is 0.363. The zero-order valence-corrected chi connectivity index (χ0v) is 14.1. The van der Waals surface area contributed by atoms with Crippen molar-refractivity contribution in [1.29, 1.82) is 0 Å². The Morgan fingerprint density at radius 2 is 2.09 bits per heavy atom. The van der Waals surface area contributed by atoms with E-state index in [0.717, 1.165) is 32.4 Å². The summed E-state index contributed by atoms with van der Waals surface area (Å²) < 4.78 is 7.51. The van der Waals surface area contributed by atoms with Crippen molar-refractivity contribution >= 4 is 6.09 Å². The van der Waals surface area contributed by atoms with Crippen LogP contribution in [-0.2, 0) is 11.2 Å². The number of hydrogen-bond donors (Lipinski definition) is 1. The summed E-state index contributed by atoms with van der Waals surface area (Å²) in [5.74, 6) is 0. The smallest absolute Gasteiger partial charge is 0.407 e. The lowest BCUT2D eigenvalue weighted by atomic mass is 10.0. The fraction of sp³-hybridized carbons (Fsp3) is 0.750. The lowest BCUT2D eigenvalue weighted by molar-refractivity contribution is 0.0528. The minimum Gasteiger partial charge on any atom is -0.444 e. The number of rotatable bonds is 4. The van der Waals surface area contributed by atoms with Crippen LogP contribution in [-0.4, -0.2) is 52.8 Å². The Kier molecular flexibility index (Phi) is 5.45. The van der Waals surface area contributed by atoms with E-state index in [0.29, 0.717) is 12.6 Å². The number of ether oxygens (including phenoxy) is 1. The molecule has 6 nitrogen and oxygen atoms in total. The van der Waals surface area contributed by atoms with Crippen LogP contribution in [0.2, 0.25) is 0 Å². The molecule has 1 fully saturated rings. The third-order valence-corrected chi connectivity index (χ3v) is 3.88. The van der Waals surface area contributed by atoms with Gasteiger partial charge in [0, 0.05) is 30.9 Å². The number of carbonyl (C=O) groups is 1. The standard InChI is InChI=1S/C16H28N4O2/c1-16(2,3)22-15(21)18-8-5-14-11-17-12-20(14)13-6-9-19(4)10-7-13/h11-13H,5-10H2,1-4H3,(H,18,21). The van der Waals surface area contributed by atoms with Crippen molar-refractivity contribution in [3.8, 4) is 0 Å². The quantitative estimate of drug-likeness (QED) is 0.926. The number of amides is 1. The molecule has 1 saturated heterocycles. The summed E-state index contributed by atoms with van der Waals surface area (Å²) in [5.41, 5.74) is 0.714. The Bertz CT molecular complexity index is 485. The van der Waals surface area contributed by atoms with Crippen LogP contribution in [0.4, 0.5) is 4.79 Å². The lowest BCUT2D eigenvalue weighted by Crippen LogP contribution is -2.34. The summed E-state index contributed by atoms with van der Waals surface area (Å²) in [7, 11) is 2.16. The van der Waals surface area contributed by atoms with Gasteiger partial charge in [0.2, 0.25) is 0 Å². The fourth-order valence-corrected chi connectivity index (χ4v) is 2.73. The molecule has 0 aliphatic carbocycles. The van der Waals surface area contributed by atoms with Crippen LogP contribution in [0, 0.1) is 0 Å². The highest BCUT2D eigenvalue weighted by molar-refractivity contribution is 5.67. The Hall–Kier alpha value is -1.56. The molecule has 0 bridgehead atoms. The van der Waals surface area contributed by atoms with Gasteiger partial charge in [0.25, 0.3) is 0 Å². The number of alkyl carbamates (subject to hydrolysis) is 1. The number of imidazole rings is 1.